The second-order valence-electron chi connectivity index (χ2n) is 6.03. The van der Waals surface area contributed by atoms with E-state index < -0.39 is 0 Å². The van der Waals surface area contributed by atoms with Crippen molar-refractivity contribution < 1.29 is 4.68 Å². The van der Waals surface area contributed by atoms with E-state index in [4.69, 9.17) is 0 Å². The highest BCUT2D eigenvalue weighted by molar-refractivity contribution is 5.79. The number of nitrogens with zero attached hydrogens (tertiary/aromatic N) is 2. The molecule has 1 heterocycles. The number of rotatable bonds is 4. The van der Waals surface area contributed by atoms with E-state index in [1.54, 1.807) is 0 Å². The van der Waals surface area contributed by atoms with Crippen molar-refractivity contribution in [2.75, 3.05) is 0 Å². The molecule has 1 aromatic heterocycles. The average molecular weight is 335 g/mol. The van der Waals surface area contributed by atoms with E-state index in [1.165, 1.54) is 11.1 Å². The zero-order chi connectivity index (χ0) is 17.6. The lowest BCUT2D eigenvalue weighted by Crippen LogP contribution is -2.30. The summed E-state index contributed by atoms with van der Waals surface area (Å²) in [5.41, 5.74) is 5.64. The van der Waals surface area contributed by atoms with Crippen LogP contribution in [0.5, 0.6) is 0 Å². The molecule has 0 saturated heterocycles. The quantitative estimate of drug-likeness (QED) is 0.360. The Morgan fingerprint density at radius 1 is 0.577 bits per heavy atom. The van der Waals surface area contributed by atoms with Gasteiger partial charge < -0.3 is 0 Å². The predicted octanol–water partition coefficient (Wildman–Crippen LogP) is 5.19. The molecular weight excluding hydrogens is 316 g/mol. The summed E-state index contributed by atoms with van der Waals surface area (Å²) in [6.07, 6.45) is 3.90. The van der Waals surface area contributed by atoms with Crippen molar-refractivity contribution in [3.8, 4) is 22.4 Å². The highest BCUT2D eigenvalue weighted by Crippen LogP contribution is 2.23. The maximum atomic E-state index is 4.68. The Morgan fingerprint density at radius 3 is 1.81 bits per heavy atom. The Morgan fingerprint density at radius 2 is 1.15 bits per heavy atom. The summed E-state index contributed by atoms with van der Waals surface area (Å²) >= 11 is 0. The zero-order valence-corrected chi connectivity index (χ0v) is 14.4. The Hall–Kier alpha value is -3.52. The maximum Gasteiger partial charge on any atom is 0.245 e. The van der Waals surface area contributed by atoms with Crippen LogP contribution in [-0.4, -0.2) is 6.21 Å². The van der Waals surface area contributed by atoms with Crippen LogP contribution in [0, 0.1) is 0 Å². The van der Waals surface area contributed by atoms with Crippen LogP contribution in [0.1, 0.15) is 5.56 Å². The molecule has 26 heavy (non-hydrogen) atoms. The molecule has 3 aromatic carbocycles. The molecule has 2 heteroatoms. The van der Waals surface area contributed by atoms with Gasteiger partial charge in [0.25, 0.3) is 0 Å². The highest BCUT2D eigenvalue weighted by atomic mass is 15.3. The van der Waals surface area contributed by atoms with E-state index in [1.807, 2.05) is 59.6 Å². The summed E-state index contributed by atoms with van der Waals surface area (Å²) in [5.74, 6) is 0. The van der Waals surface area contributed by atoms with Crippen LogP contribution < -0.4 is 4.68 Å². The van der Waals surface area contributed by atoms with Crippen LogP contribution in [0.25, 0.3) is 22.4 Å². The van der Waals surface area contributed by atoms with Crippen LogP contribution in [0.15, 0.2) is 114 Å². The molecule has 0 atom stereocenters. The molecule has 2 nitrogen and oxygen atoms in total. The van der Waals surface area contributed by atoms with Gasteiger partial charge >= 0.3 is 0 Å². The van der Waals surface area contributed by atoms with Crippen LogP contribution >= 0.6 is 0 Å². The summed E-state index contributed by atoms with van der Waals surface area (Å²) in [5, 5.41) is 4.68. The monoisotopic (exact) mass is 335 g/mol. The molecule has 124 valence electrons. The van der Waals surface area contributed by atoms with Crippen LogP contribution in [0.3, 0.4) is 0 Å². The first-order valence-corrected chi connectivity index (χ1v) is 8.66. The van der Waals surface area contributed by atoms with Gasteiger partial charge in [-0.3, -0.25) is 0 Å². The van der Waals surface area contributed by atoms with Crippen molar-refractivity contribution in [2.45, 2.75) is 0 Å². The van der Waals surface area contributed by atoms with E-state index in [-0.39, 0.29) is 0 Å². The highest BCUT2D eigenvalue weighted by Gasteiger charge is 2.14. The molecule has 0 N–H and O–H groups in total. The first-order valence-electron chi connectivity index (χ1n) is 8.66. The van der Waals surface area contributed by atoms with Crippen molar-refractivity contribution >= 4 is 6.21 Å². The lowest BCUT2D eigenvalue weighted by Gasteiger charge is -2.04. The van der Waals surface area contributed by atoms with Crippen molar-refractivity contribution in [1.29, 1.82) is 0 Å². The zero-order valence-electron chi connectivity index (χ0n) is 14.4. The minimum Gasteiger partial charge on any atom is -0.0622 e. The molecule has 0 amide bonds. The van der Waals surface area contributed by atoms with Crippen molar-refractivity contribution in [2.24, 2.45) is 5.10 Å². The van der Waals surface area contributed by atoms with Gasteiger partial charge in [0.2, 0.25) is 11.9 Å². The SMILES string of the molecule is C(=N\[n+]1ccc(-c2ccccc2)cc1-c1ccccc1)/c1ccccc1. The van der Waals surface area contributed by atoms with Gasteiger partial charge in [0.05, 0.1) is 0 Å². The molecule has 0 radical (unpaired) electrons. The van der Waals surface area contributed by atoms with Crippen LogP contribution in [0.2, 0.25) is 0 Å². The largest absolute Gasteiger partial charge is 0.245 e. The van der Waals surface area contributed by atoms with E-state index in [9.17, 15) is 0 Å². The van der Waals surface area contributed by atoms with Gasteiger partial charge in [0.1, 0.15) is 6.21 Å². The fourth-order valence-electron chi connectivity index (χ4n) is 2.90. The molecule has 4 aromatic rings. The summed E-state index contributed by atoms with van der Waals surface area (Å²) < 4.78 is 1.93. The Bertz CT molecular complexity index is 1010. The number of pyridine rings is 1. The van der Waals surface area contributed by atoms with E-state index in [0.29, 0.717) is 0 Å². The molecule has 0 aliphatic rings. The standard InChI is InChI=1S/C24H19N2/c1-4-10-20(11-5-1)19-25-26-17-16-23(21-12-6-2-7-13-21)18-24(26)22-14-8-3-9-15-22/h1-19H/q+1/b25-19+. The summed E-state index contributed by atoms with van der Waals surface area (Å²) in [6.45, 7) is 0. The third kappa shape index (κ3) is 3.60. The Kier molecular flexibility index (Phi) is 4.66. The van der Waals surface area contributed by atoms with Crippen molar-refractivity contribution in [3.05, 3.63) is 115 Å². The molecule has 0 saturated carbocycles. The second kappa shape index (κ2) is 7.58. The Labute approximate surface area is 153 Å². The Balaban J connectivity index is 1.79. The van der Waals surface area contributed by atoms with Gasteiger partial charge in [0.15, 0.2) is 0 Å². The molecule has 0 spiro atoms. The van der Waals surface area contributed by atoms with Crippen LogP contribution in [0.4, 0.5) is 0 Å². The fourth-order valence-corrected chi connectivity index (χ4v) is 2.90. The van der Waals surface area contributed by atoms with Gasteiger partial charge in [-0.15, -0.1) is 0 Å². The number of benzene rings is 3. The summed E-state index contributed by atoms with van der Waals surface area (Å²) in [4.78, 5) is 0. The number of hydrogen-bond acceptors (Lipinski definition) is 1. The van der Waals surface area contributed by atoms with E-state index in [0.717, 1.165) is 16.8 Å². The molecule has 0 bridgehead atoms. The van der Waals surface area contributed by atoms with E-state index in [2.05, 4.69) is 65.8 Å². The van der Waals surface area contributed by atoms with Gasteiger partial charge in [-0.25, -0.2) is 0 Å². The molecule has 0 aliphatic carbocycles. The first kappa shape index (κ1) is 16.0. The normalized spacial score (nSPS) is 10.9. The maximum absolute atomic E-state index is 4.68. The lowest BCUT2D eigenvalue weighted by molar-refractivity contribution is -0.667. The third-order valence-corrected chi connectivity index (χ3v) is 4.24. The first-order chi connectivity index (χ1) is 12.9. The topological polar surface area (TPSA) is 16.2 Å². The molecule has 4 rings (SSSR count). The smallest absolute Gasteiger partial charge is 0.0622 e. The van der Waals surface area contributed by atoms with Gasteiger partial charge in [-0.1, -0.05) is 83.5 Å². The third-order valence-electron chi connectivity index (χ3n) is 4.24. The van der Waals surface area contributed by atoms with Gasteiger partial charge in [-0.2, -0.15) is 0 Å². The van der Waals surface area contributed by atoms with E-state index >= 15 is 0 Å². The fraction of sp³-hybridized carbons (Fsp3) is 0. The minimum atomic E-state index is 1.05. The molecular formula is C24H19N2+. The second-order valence-corrected chi connectivity index (χ2v) is 6.03. The summed E-state index contributed by atoms with van der Waals surface area (Å²) in [7, 11) is 0. The number of aromatic nitrogens is 1. The van der Waals surface area contributed by atoms with Gasteiger partial charge in [0, 0.05) is 17.7 Å². The average Bonchev–Trinajstić information content (AvgIpc) is 2.74. The molecule has 0 fully saturated rings. The van der Waals surface area contributed by atoms with Crippen LogP contribution in [-0.2, 0) is 0 Å². The minimum absolute atomic E-state index is 1.05. The molecule has 0 aliphatic heterocycles. The van der Waals surface area contributed by atoms with Crippen molar-refractivity contribution in [3.63, 3.8) is 0 Å². The predicted molar refractivity (Wildman–Crippen MR) is 107 cm³/mol. The number of hydrogen-bond donors (Lipinski definition) is 0. The van der Waals surface area contributed by atoms with Gasteiger partial charge in [-0.05, 0) is 33.9 Å². The van der Waals surface area contributed by atoms with Crippen molar-refractivity contribution in [1.82, 2.24) is 0 Å². The lowest BCUT2D eigenvalue weighted by atomic mass is 10.0. The molecule has 0 unspecified atom stereocenters. The summed E-state index contributed by atoms with van der Waals surface area (Å²) in [6, 6.07) is 35.2.